The molecule has 96 valence electrons. The van der Waals surface area contributed by atoms with Crippen molar-refractivity contribution in [1.82, 2.24) is 5.32 Å². The van der Waals surface area contributed by atoms with Crippen molar-refractivity contribution in [2.45, 2.75) is 57.4 Å². The van der Waals surface area contributed by atoms with E-state index >= 15 is 0 Å². The Balaban J connectivity index is 1.89. The van der Waals surface area contributed by atoms with Crippen LogP contribution in [0, 0.1) is 11.8 Å². The normalized spacial score (nSPS) is 29.4. The van der Waals surface area contributed by atoms with Crippen molar-refractivity contribution >= 4 is 11.9 Å². The van der Waals surface area contributed by atoms with E-state index in [1.807, 2.05) is 0 Å². The second-order valence-electron chi connectivity index (χ2n) is 5.40. The molecule has 4 nitrogen and oxygen atoms in total. The lowest BCUT2D eigenvalue weighted by atomic mass is 9.94. The molecule has 0 heterocycles. The molecule has 0 aromatic heterocycles. The van der Waals surface area contributed by atoms with Crippen LogP contribution in [0.2, 0.25) is 0 Å². The molecule has 0 radical (unpaired) electrons. The number of carbonyl (C=O) groups is 2. The zero-order chi connectivity index (χ0) is 12.3. The lowest BCUT2D eigenvalue weighted by molar-refractivity contribution is -0.143. The minimum atomic E-state index is -0.761. The van der Waals surface area contributed by atoms with Crippen LogP contribution in [0.25, 0.3) is 0 Å². The summed E-state index contributed by atoms with van der Waals surface area (Å²) in [4.78, 5) is 22.9. The number of carboxylic acid groups (broad SMARTS) is 1. The maximum atomic E-state index is 11.7. The van der Waals surface area contributed by atoms with Gasteiger partial charge in [-0.3, -0.25) is 9.59 Å². The molecule has 2 atom stereocenters. The van der Waals surface area contributed by atoms with Crippen LogP contribution in [0.15, 0.2) is 0 Å². The van der Waals surface area contributed by atoms with Gasteiger partial charge in [-0.25, -0.2) is 0 Å². The molecule has 0 bridgehead atoms. The third-order valence-corrected chi connectivity index (χ3v) is 3.85. The lowest BCUT2D eigenvalue weighted by Gasteiger charge is -2.22. The molecule has 2 aliphatic rings. The first-order valence-corrected chi connectivity index (χ1v) is 6.69. The largest absolute Gasteiger partial charge is 0.481 e. The van der Waals surface area contributed by atoms with E-state index in [2.05, 4.69) is 5.32 Å². The Morgan fingerprint density at radius 2 is 1.76 bits per heavy atom. The van der Waals surface area contributed by atoms with Crippen molar-refractivity contribution in [3.8, 4) is 0 Å². The van der Waals surface area contributed by atoms with Gasteiger partial charge in [0.05, 0.1) is 5.92 Å². The maximum absolute atomic E-state index is 11.7. The van der Waals surface area contributed by atoms with E-state index in [1.54, 1.807) is 0 Å². The van der Waals surface area contributed by atoms with E-state index in [0.717, 1.165) is 38.5 Å². The first-order chi connectivity index (χ1) is 8.16. The second-order valence-corrected chi connectivity index (χ2v) is 5.40. The fourth-order valence-electron chi connectivity index (χ4n) is 2.63. The molecular formula is C13H21NO3. The standard InChI is InChI=1S/C13H21NO3/c15-12(8-9-6-7-9)14-11-5-3-1-2-4-10(11)13(16)17/h9-11H,1-8H2,(H,14,15)(H,16,17). The number of nitrogens with one attached hydrogen (secondary N) is 1. The van der Waals surface area contributed by atoms with Gasteiger partial charge in [-0.15, -0.1) is 0 Å². The van der Waals surface area contributed by atoms with Crippen LogP contribution in [0.5, 0.6) is 0 Å². The number of aliphatic carboxylic acids is 1. The fourth-order valence-corrected chi connectivity index (χ4v) is 2.63. The number of carboxylic acids is 1. The van der Waals surface area contributed by atoms with Gasteiger partial charge < -0.3 is 10.4 Å². The molecule has 0 spiro atoms. The highest BCUT2D eigenvalue weighted by molar-refractivity contribution is 5.78. The highest BCUT2D eigenvalue weighted by Crippen LogP contribution is 2.32. The van der Waals surface area contributed by atoms with Gasteiger partial charge in [-0.1, -0.05) is 19.3 Å². The second kappa shape index (κ2) is 5.52. The predicted octanol–water partition coefficient (Wildman–Crippen LogP) is 1.94. The maximum Gasteiger partial charge on any atom is 0.308 e. The molecule has 2 rings (SSSR count). The summed E-state index contributed by atoms with van der Waals surface area (Å²) in [5, 5.41) is 12.1. The van der Waals surface area contributed by atoms with Crippen LogP contribution in [-0.4, -0.2) is 23.0 Å². The minimum absolute atomic E-state index is 0.0469. The Bertz CT molecular complexity index is 299. The summed E-state index contributed by atoms with van der Waals surface area (Å²) >= 11 is 0. The third-order valence-electron chi connectivity index (χ3n) is 3.85. The molecule has 2 aliphatic carbocycles. The van der Waals surface area contributed by atoms with Gasteiger partial charge in [0.25, 0.3) is 0 Å². The fraction of sp³-hybridized carbons (Fsp3) is 0.846. The van der Waals surface area contributed by atoms with Crippen molar-refractivity contribution in [2.24, 2.45) is 11.8 Å². The Labute approximate surface area is 102 Å². The number of hydrogen-bond donors (Lipinski definition) is 2. The van der Waals surface area contributed by atoms with E-state index in [-0.39, 0.29) is 17.9 Å². The summed E-state index contributed by atoms with van der Waals surface area (Å²) in [6, 6.07) is -0.152. The molecule has 2 N–H and O–H groups in total. The van der Waals surface area contributed by atoms with Crippen LogP contribution in [0.3, 0.4) is 0 Å². The summed E-state index contributed by atoms with van der Waals surface area (Å²) in [6.45, 7) is 0. The zero-order valence-electron chi connectivity index (χ0n) is 10.2. The quantitative estimate of drug-likeness (QED) is 0.737. The Morgan fingerprint density at radius 3 is 2.41 bits per heavy atom. The van der Waals surface area contributed by atoms with Gasteiger partial charge >= 0.3 is 5.97 Å². The molecule has 0 aromatic rings. The van der Waals surface area contributed by atoms with E-state index in [1.165, 1.54) is 0 Å². The molecule has 2 fully saturated rings. The van der Waals surface area contributed by atoms with E-state index < -0.39 is 5.97 Å². The molecule has 17 heavy (non-hydrogen) atoms. The van der Waals surface area contributed by atoms with Gasteiger partial charge in [0.1, 0.15) is 0 Å². The summed E-state index contributed by atoms with van der Waals surface area (Å²) in [6.07, 6.45) is 7.48. The smallest absolute Gasteiger partial charge is 0.308 e. The van der Waals surface area contributed by atoms with Gasteiger partial charge in [-0.05, 0) is 31.6 Å². The van der Waals surface area contributed by atoms with Crippen LogP contribution < -0.4 is 5.32 Å². The molecular weight excluding hydrogens is 218 g/mol. The Morgan fingerprint density at radius 1 is 1.06 bits per heavy atom. The van der Waals surface area contributed by atoms with Crippen LogP contribution in [0.1, 0.15) is 51.4 Å². The van der Waals surface area contributed by atoms with Crippen molar-refractivity contribution < 1.29 is 14.7 Å². The monoisotopic (exact) mass is 239 g/mol. The highest BCUT2D eigenvalue weighted by Gasteiger charge is 2.32. The molecule has 2 saturated carbocycles. The number of rotatable bonds is 4. The van der Waals surface area contributed by atoms with Gasteiger partial charge in [0, 0.05) is 12.5 Å². The Kier molecular flexibility index (Phi) is 4.02. The average Bonchev–Trinajstić information content (AvgIpc) is 3.05. The SMILES string of the molecule is O=C(CC1CC1)NC1CCCCCC1C(=O)O. The molecule has 0 aliphatic heterocycles. The van der Waals surface area contributed by atoms with Crippen LogP contribution in [-0.2, 0) is 9.59 Å². The zero-order valence-corrected chi connectivity index (χ0v) is 10.2. The lowest BCUT2D eigenvalue weighted by Crippen LogP contribution is -2.42. The van der Waals surface area contributed by atoms with Gasteiger partial charge in [0.2, 0.25) is 5.91 Å². The van der Waals surface area contributed by atoms with Gasteiger partial charge in [-0.2, -0.15) is 0 Å². The first-order valence-electron chi connectivity index (χ1n) is 6.69. The third kappa shape index (κ3) is 3.72. The van der Waals surface area contributed by atoms with Gasteiger partial charge in [0.15, 0.2) is 0 Å². The summed E-state index contributed by atoms with van der Waals surface area (Å²) in [5.74, 6) is -0.543. The van der Waals surface area contributed by atoms with E-state index in [0.29, 0.717) is 18.8 Å². The van der Waals surface area contributed by atoms with E-state index in [9.17, 15) is 14.7 Å². The molecule has 0 saturated heterocycles. The van der Waals surface area contributed by atoms with Crippen molar-refractivity contribution in [3.05, 3.63) is 0 Å². The first kappa shape index (κ1) is 12.4. The van der Waals surface area contributed by atoms with Crippen molar-refractivity contribution in [2.75, 3.05) is 0 Å². The Hall–Kier alpha value is -1.06. The highest BCUT2D eigenvalue weighted by atomic mass is 16.4. The van der Waals surface area contributed by atoms with Crippen molar-refractivity contribution in [3.63, 3.8) is 0 Å². The van der Waals surface area contributed by atoms with Crippen molar-refractivity contribution in [1.29, 1.82) is 0 Å². The average molecular weight is 239 g/mol. The summed E-state index contributed by atoms with van der Waals surface area (Å²) < 4.78 is 0. The van der Waals surface area contributed by atoms with Crippen LogP contribution in [0.4, 0.5) is 0 Å². The molecule has 0 aromatic carbocycles. The number of carbonyl (C=O) groups excluding carboxylic acids is 1. The predicted molar refractivity (Wildman–Crippen MR) is 63.5 cm³/mol. The number of hydrogen-bond acceptors (Lipinski definition) is 2. The molecule has 4 heteroatoms. The van der Waals surface area contributed by atoms with Crippen LogP contribution >= 0.6 is 0 Å². The summed E-state index contributed by atoms with van der Waals surface area (Å²) in [7, 11) is 0. The minimum Gasteiger partial charge on any atom is -0.481 e. The molecule has 1 amide bonds. The molecule has 2 unspecified atom stereocenters. The summed E-state index contributed by atoms with van der Waals surface area (Å²) in [5.41, 5.74) is 0. The topological polar surface area (TPSA) is 66.4 Å². The van der Waals surface area contributed by atoms with E-state index in [4.69, 9.17) is 0 Å². The number of amides is 1.